The zero-order valence-electron chi connectivity index (χ0n) is 49.7. The Bertz CT molecular complexity index is 3800. The van der Waals surface area contributed by atoms with Gasteiger partial charge < -0.3 is 34.8 Å². The highest BCUT2D eigenvalue weighted by molar-refractivity contribution is 6.32. The molecule has 3 aliphatic heterocycles. The van der Waals surface area contributed by atoms with E-state index >= 15 is 17.6 Å². The molecule has 18 nitrogen and oxygen atoms in total. The van der Waals surface area contributed by atoms with Crippen LogP contribution in [0, 0.1) is 36.0 Å². The van der Waals surface area contributed by atoms with Crippen LogP contribution in [0.25, 0.3) is 32.7 Å². The quantitative estimate of drug-likeness (QED) is 0.0525. The second kappa shape index (κ2) is 27.3. The van der Waals surface area contributed by atoms with Gasteiger partial charge in [-0.1, -0.05) is 48.7 Å². The molecule has 474 valence electrons. The number of hydrogen-bond acceptors (Lipinski definition) is 12. The Hall–Kier alpha value is -6.95. The molecular formula is C64H72Cl3F4N11O7. The van der Waals surface area contributed by atoms with Crippen LogP contribution in [0.2, 0.25) is 15.1 Å². The van der Waals surface area contributed by atoms with Crippen LogP contribution in [0.3, 0.4) is 0 Å². The van der Waals surface area contributed by atoms with E-state index in [0.717, 1.165) is 72.1 Å². The molecule has 8 heterocycles. The lowest BCUT2D eigenvalue weighted by Gasteiger charge is -2.43. The second-order valence-corrected chi connectivity index (χ2v) is 25.7. The van der Waals surface area contributed by atoms with Crippen LogP contribution in [0.4, 0.5) is 17.6 Å². The van der Waals surface area contributed by atoms with Crippen molar-refractivity contribution < 1.29 is 52.0 Å². The van der Waals surface area contributed by atoms with Crippen molar-refractivity contribution in [3.63, 3.8) is 0 Å². The van der Waals surface area contributed by atoms with Crippen LogP contribution in [0.5, 0.6) is 5.88 Å². The number of amides is 3. The molecule has 3 saturated heterocycles. The predicted molar refractivity (Wildman–Crippen MR) is 330 cm³/mol. The van der Waals surface area contributed by atoms with Crippen LogP contribution in [0.1, 0.15) is 117 Å². The van der Waals surface area contributed by atoms with E-state index in [4.69, 9.17) is 39.5 Å². The summed E-state index contributed by atoms with van der Waals surface area (Å²) in [5.41, 5.74) is 4.46. The first-order valence-electron chi connectivity index (χ1n) is 29.8. The minimum absolute atomic E-state index is 0.0140. The number of halogens is 7. The van der Waals surface area contributed by atoms with Crippen molar-refractivity contribution in [3.05, 3.63) is 140 Å². The fourth-order valence-electron chi connectivity index (χ4n) is 12.7. The van der Waals surface area contributed by atoms with Gasteiger partial charge in [0.2, 0.25) is 23.6 Å². The van der Waals surface area contributed by atoms with Crippen LogP contribution >= 0.6 is 34.8 Å². The highest BCUT2D eigenvalue weighted by Crippen LogP contribution is 2.49. The third kappa shape index (κ3) is 14.6. The molecule has 12 rings (SSSR count). The molecule has 1 saturated carbocycles. The number of alkyl halides is 4. The summed E-state index contributed by atoms with van der Waals surface area (Å²) in [5.74, 6) is -7.76. The Morgan fingerprint density at radius 3 is 1.35 bits per heavy atom. The van der Waals surface area contributed by atoms with Crippen molar-refractivity contribution in [1.82, 2.24) is 55.3 Å². The number of carbonyl (C=O) groups is 3. The Morgan fingerprint density at radius 2 is 0.944 bits per heavy atom. The first kappa shape index (κ1) is 65.0. The van der Waals surface area contributed by atoms with Gasteiger partial charge in [-0.2, -0.15) is 15.3 Å². The topological polar surface area (TPSA) is 243 Å². The Kier molecular flexibility index (Phi) is 19.9. The summed E-state index contributed by atoms with van der Waals surface area (Å²) < 4.78 is 66.1. The minimum atomic E-state index is -3.39. The lowest BCUT2D eigenvalue weighted by Crippen LogP contribution is -2.45. The van der Waals surface area contributed by atoms with Crippen molar-refractivity contribution in [2.45, 2.75) is 115 Å². The number of aliphatic hydroxyl groups is 3. The van der Waals surface area contributed by atoms with E-state index in [1.807, 2.05) is 30.0 Å². The average Bonchev–Trinajstić information content (AvgIpc) is 1.83. The summed E-state index contributed by atoms with van der Waals surface area (Å²) in [6.45, 7) is 8.52. The van der Waals surface area contributed by atoms with Crippen molar-refractivity contribution in [2.24, 2.45) is 29.1 Å². The van der Waals surface area contributed by atoms with E-state index in [2.05, 4.69) is 54.4 Å². The number of benzene rings is 3. The Labute approximate surface area is 526 Å². The number of aromatic nitrogens is 8. The summed E-state index contributed by atoms with van der Waals surface area (Å²) in [5, 5.41) is 55.7. The smallest absolute Gasteiger partial charge is 0.280 e. The molecule has 5 aromatic heterocycles. The van der Waals surface area contributed by atoms with Crippen LogP contribution in [-0.4, -0.2) is 147 Å². The highest BCUT2D eigenvalue weighted by atomic mass is 35.5. The number of nitrogens with zero attached hydrogens (tertiary/aromatic N) is 8. The van der Waals surface area contributed by atoms with E-state index in [1.165, 1.54) is 31.6 Å². The number of methoxy groups -OCH3 is 1. The Balaban J connectivity index is 0.000000148. The summed E-state index contributed by atoms with van der Waals surface area (Å²) >= 11 is 18.3. The number of aryl methyl sites for hydroxylation is 1. The average molecular weight is 1290 g/mol. The maximum Gasteiger partial charge on any atom is 0.280 e. The van der Waals surface area contributed by atoms with Gasteiger partial charge in [0.15, 0.2) is 0 Å². The number of fused-ring (bicyclic) bond motifs is 3. The minimum Gasteiger partial charge on any atom is -0.481 e. The van der Waals surface area contributed by atoms with Gasteiger partial charge in [0, 0.05) is 129 Å². The molecule has 0 spiro atoms. The number of likely N-dealkylation sites (tertiary alicyclic amines) is 3. The number of rotatable bonds is 15. The van der Waals surface area contributed by atoms with E-state index in [1.54, 1.807) is 58.7 Å². The molecule has 4 aliphatic rings. The van der Waals surface area contributed by atoms with E-state index in [9.17, 15) is 29.7 Å². The molecule has 0 radical (unpaired) electrons. The third-order valence-corrected chi connectivity index (χ3v) is 18.9. The standard InChI is InChI=1S/C22H23ClF2N4O3.C22H23ClF2N4O2.C20H26ClN3O2/c1-32-18-8-13(2-5-26-18)9-19(30)29-6-3-15(4-7-29)22(24,25)21(31)17-11-16(23)10-14-12-27-28-20(14)17;1-13-8-14(2-5-26-13)9-19(30)29-6-3-16(4-7-29)22(24,25)21(31)18-11-17(23)10-15-12-27-28-20(15)18;1-20(2,14-5-7-24(8-6-14)19(26)12-3-4-12)18(25)16-10-15(21)9-13-11-22-23-17(13)16/h2,5,8,10-12,15,21,31H,3-4,6-7,9H2,1H3,(H,27,28);2,5,8,10-12,16,21,31H,3-4,6-7,9H2,1H3,(H,27,28);9-12,14,18,25H,3-8H2,1-2H3,(H,22,23)/t;;18-/m..1/s1. The zero-order valence-corrected chi connectivity index (χ0v) is 52.0. The van der Waals surface area contributed by atoms with Gasteiger partial charge in [-0.25, -0.2) is 22.5 Å². The molecule has 6 N–H and O–H groups in total. The molecule has 3 aromatic carbocycles. The van der Waals surface area contributed by atoms with Crippen molar-refractivity contribution in [1.29, 1.82) is 0 Å². The summed E-state index contributed by atoms with van der Waals surface area (Å²) in [4.78, 5) is 50.8. The molecule has 89 heavy (non-hydrogen) atoms. The molecule has 1 aliphatic carbocycles. The van der Waals surface area contributed by atoms with E-state index in [0.29, 0.717) is 44.5 Å². The first-order valence-corrected chi connectivity index (χ1v) is 31.0. The molecule has 8 aromatic rings. The molecule has 3 amide bonds. The van der Waals surface area contributed by atoms with Gasteiger partial charge in [0.1, 0.15) is 12.2 Å². The monoisotopic (exact) mass is 1290 g/mol. The molecule has 2 unspecified atom stereocenters. The number of piperidine rings is 3. The summed E-state index contributed by atoms with van der Waals surface area (Å²) in [6, 6.07) is 16.6. The van der Waals surface area contributed by atoms with Crippen LogP contribution < -0.4 is 4.74 Å². The predicted octanol–water partition coefficient (Wildman–Crippen LogP) is 11.8. The largest absolute Gasteiger partial charge is 0.481 e. The molecule has 25 heteroatoms. The van der Waals surface area contributed by atoms with Crippen LogP contribution in [-0.2, 0) is 27.2 Å². The number of ether oxygens (including phenoxy) is 1. The molecule has 3 atom stereocenters. The second-order valence-electron chi connectivity index (χ2n) is 24.4. The normalized spacial score (nSPS) is 17.7. The van der Waals surface area contributed by atoms with Crippen molar-refractivity contribution in [2.75, 3.05) is 46.4 Å². The number of H-pyrrole nitrogens is 3. The lowest BCUT2D eigenvalue weighted by atomic mass is 9.68. The SMILES string of the molecule is CC(C)(C1CCN(C(=O)C2CC2)CC1)[C@H](O)c1cc(Cl)cc2cn[nH]c12.COc1cc(CC(=O)N2CCC(C(F)(F)C(O)c3cc(Cl)cc4cn[nH]c34)CC2)ccn1.Cc1cc(CC(=O)N2CCC(C(F)(F)C(O)c3cc(Cl)cc4cn[nH]c34)CC2)ccn1. The molecule has 4 fully saturated rings. The van der Waals surface area contributed by atoms with Gasteiger partial charge in [-0.15, -0.1) is 0 Å². The molecule has 0 bridgehead atoms. The van der Waals surface area contributed by atoms with Gasteiger partial charge in [-0.3, -0.25) is 34.7 Å². The summed E-state index contributed by atoms with van der Waals surface area (Å²) in [7, 11) is 1.49. The number of carbonyl (C=O) groups excluding carboxylic acids is 3. The van der Waals surface area contributed by atoms with E-state index in [-0.39, 0.29) is 109 Å². The number of hydrogen-bond donors (Lipinski definition) is 6. The number of pyridine rings is 2. The van der Waals surface area contributed by atoms with Gasteiger partial charge >= 0.3 is 0 Å². The van der Waals surface area contributed by atoms with Crippen LogP contribution in [0.15, 0.2) is 91.6 Å². The lowest BCUT2D eigenvalue weighted by molar-refractivity contribution is -0.164. The third-order valence-electron chi connectivity index (χ3n) is 18.2. The number of aliphatic hydroxyl groups excluding tert-OH is 3. The Morgan fingerprint density at radius 1 is 0.562 bits per heavy atom. The molecular weight excluding hydrogens is 1220 g/mol. The maximum atomic E-state index is 15.3. The number of aromatic amines is 3. The van der Waals surface area contributed by atoms with Gasteiger partial charge in [-0.05, 0) is 135 Å². The fraction of sp³-hybridized carbons (Fsp3) is 0.469. The highest BCUT2D eigenvalue weighted by Gasteiger charge is 2.51. The van der Waals surface area contributed by atoms with E-state index < -0.39 is 42.0 Å². The zero-order chi connectivity index (χ0) is 63.5. The van der Waals surface area contributed by atoms with Gasteiger partial charge in [0.05, 0.1) is 61.2 Å². The maximum absolute atomic E-state index is 15.3. The van der Waals surface area contributed by atoms with Gasteiger partial charge in [0.25, 0.3) is 11.8 Å². The number of nitrogens with one attached hydrogen (secondary N) is 3. The summed E-state index contributed by atoms with van der Waals surface area (Å²) in [6.07, 6.45) is 7.87. The fourth-order valence-corrected chi connectivity index (χ4v) is 13.4. The first-order chi connectivity index (χ1) is 42.4. The van der Waals surface area contributed by atoms with Crippen molar-refractivity contribution >= 4 is 85.2 Å². The van der Waals surface area contributed by atoms with Crippen molar-refractivity contribution in [3.8, 4) is 5.88 Å².